The molecule has 0 radical (unpaired) electrons. The van der Waals surface area contributed by atoms with E-state index >= 15 is 0 Å². The largest absolute Gasteiger partial charge is 0.357 e. The molecule has 3 aromatic heterocycles. The van der Waals surface area contributed by atoms with Gasteiger partial charge in [-0.15, -0.1) is 0 Å². The van der Waals surface area contributed by atoms with Crippen molar-refractivity contribution in [1.29, 1.82) is 5.26 Å². The first kappa shape index (κ1) is 26.9. The molecule has 1 N–H and O–H groups in total. The van der Waals surface area contributed by atoms with Gasteiger partial charge in [-0.2, -0.15) is 10.4 Å². The number of aromatic nitrogens is 4. The van der Waals surface area contributed by atoms with Gasteiger partial charge in [-0.3, -0.25) is 4.79 Å². The number of nitrogens with zero attached hydrogens (tertiary/aromatic N) is 6. The van der Waals surface area contributed by atoms with E-state index in [2.05, 4.69) is 27.6 Å². The lowest BCUT2D eigenvalue weighted by Crippen LogP contribution is -2.33. The number of benzene rings is 1. The highest BCUT2D eigenvalue weighted by molar-refractivity contribution is 7.89. The monoisotopic (exact) mass is 569 g/mol. The minimum absolute atomic E-state index is 0.0221. The molecular formula is C30H31N7O3S. The Kier molecular flexibility index (Phi) is 6.95. The van der Waals surface area contributed by atoms with E-state index in [1.807, 2.05) is 42.5 Å². The summed E-state index contributed by atoms with van der Waals surface area (Å²) in [4.78, 5) is 24.7. The van der Waals surface area contributed by atoms with Crippen molar-refractivity contribution in [2.45, 2.75) is 38.5 Å². The summed E-state index contributed by atoms with van der Waals surface area (Å²) in [5, 5.41) is 15.1. The maximum atomic E-state index is 13.1. The van der Waals surface area contributed by atoms with Crippen LogP contribution in [0.5, 0.6) is 0 Å². The van der Waals surface area contributed by atoms with Crippen molar-refractivity contribution < 1.29 is 13.2 Å². The maximum Gasteiger partial charge on any atom is 0.283 e. The molecule has 11 heteroatoms. The molecule has 4 heterocycles. The van der Waals surface area contributed by atoms with E-state index in [0.717, 1.165) is 78.7 Å². The number of hydrogen-bond acceptors (Lipinski definition) is 8. The van der Waals surface area contributed by atoms with E-state index in [0.29, 0.717) is 11.6 Å². The third-order valence-corrected chi connectivity index (χ3v) is 8.55. The molecule has 0 atom stereocenters. The minimum Gasteiger partial charge on any atom is -0.357 e. The molecule has 1 aliphatic carbocycles. The zero-order chi connectivity index (χ0) is 28.7. The molecule has 6 rings (SSSR count). The molecule has 41 heavy (non-hydrogen) atoms. The van der Waals surface area contributed by atoms with Gasteiger partial charge in [0.05, 0.1) is 29.1 Å². The van der Waals surface area contributed by atoms with Gasteiger partial charge in [0.2, 0.25) is 10.0 Å². The van der Waals surface area contributed by atoms with Gasteiger partial charge in [-0.05, 0) is 67.5 Å². The quantitative estimate of drug-likeness (QED) is 0.361. The van der Waals surface area contributed by atoms with Gasteiger partial charge in [0.1, 0.15) is 11.5 Å². The fraction of sp³-hybridized carbons (Fsp3) is 0.367. The van der Waals surface area contributed by atoms with Crippen molar-refractivity contribution >= 4 is 32.8 Å². The van der Waals surface area contributed by atoms with Gasteiger partial charge in [-0.1, -0.05) is 25.1 Å². The molecule has 10 nitrogen and oxygen atoms in total. The van der Waals surface area contributed by atoms with E-state index in [-0.39, 0.29) is 17.5 Å². The summed E-state index contributed by atoms with van der Waals surface area (Å²) in [6, 6.07) is 17.5. The normalized spacial score (nSPS) is 19.5. The number of carbonyl (C=O) groups is 1. The van der Waals surface area contributed by atoms with Crippen LogP contribution in [0.2, 0.25) is 0 Å². The second-order valence-corrected chi connectivity index (χ2v) is 12.9. The van der Waals surface area contributed by atoms with E-state index < -0.39 is 15.9 Å². The average molecular weight is 570 g/mol. The standard InChI is InChI=1S/C30H31N7O3S/c1-19-14-22(15-19)28-27-24(21-8-9-26(32-18-21)36-12-10-20(17-31)11-13-36)16-25(30(38)35-41(2,39)40)33-29(27)37(34-28)23-6-4-3-5-7-23/h3-9,16,18-20,22H,10-15H2,1-2H3,(H,35,38). The Labute approximate surface area is 239 Å². The molecule has 1 aliphatic heterocycles. The van der Waals surface area contributed by atoms with Crippen LogP contribution in [-0.2, 0) is 10.0 Å². The molecule has 1 amide bonds. The first-order valence-corrected chi connectivity index (χ1v) is 15.7. The van der Waals surface area contributed by atoms with E-state index in [1.54, 1.807) is 16.9 Å². The van der Waals surface area contributed by atoms with Crippen molar-refractivity contribution in [3.05, 3.63) is 66.1 Å². The summed E-state index contributed by atoms with van der Waals surface area (Å²) in [5.41, 5.74) is 3.69. The number of pyridine rings is 2. The molecular weight excluding hydrogens is 538 g/mol. The molecule has 4 aromatic rings. The van der Waals surface area contributed by atoms with Crippen LogP contribution >= 0.6 is 0 Å². The van der Waals surface area contributed by atoms with Crippen LogP contribution in [0, 0.1) is 23.2 Å². The molecule has 1 saturated carbocycles. The number of amides is 1. The number of nitrogens with one attached hydrogen (secondary N) is 1. The molecule has 2 fully saturated rings. The molecule has 1 saturated heterocycles. The van der Waals surface area contributed by atoms with Crippen molar-refractivity contribution in [2.75, 3.05) is 24.2 Å². The molecule has 210 valence electrons. The predicted octanol–water partition coefficient (Wildman–Crippen LogP) is 4.43. The van der Waals surface area contributed by atoms with Crippen LogP contribution in [0.25, 0.3) is 27.8 Å². The van der Waals surface area contributed by atoms with E-state index in [9.17, 15) is 18.5 Å². The molecule has 0 unspecified atom stereocenters. The first-order chi connectivity index (χ1) is 19.7. The van der Waals surface area contributed by atoms with Gasteiger partial charge in [-0.25, -0.2) is 27.8 Å². The van der Waals surface area contributed by atoms with Crippen LogP contribution in [-0.4, -0.2) is 53.4 Å². The Morgan fingerprint density at radius 2 is 1.83 bits per heavy atom. The number of para-hydroxylation sites is 1. The zero-order valence-corrected chi connectivity index (χ0v) is 23.8. The predicted molar refractivity (Wildman–Crippen MR) is 156 cm³/mol. The third kappa shape index (κ3) is 5.39. The Hall–Kier alpha value is -4.30. The summed E-state index contributed by atoms with van der Waals surface area (Å²) in [6.07, 6.45) is 6.36. The first-order valence-electron chi connectivity index (χ1n) is 13.8. The van der Waals surface area contributed by atoms with Crippen LogP contribution in [0.3, 0.4) is 0 Å². The SMILES string of the molecule is CC1CC(c2nn(-c3ccccc3)c3nc(C(=O)NS(C)(=O)=O)cc(-c4ccc(N5CCC(C#N)CC5)nc4)c23)C1. The average Bonchev–Trinajstić information content (AvgIpc) is 3.34. The Balaban J connectivity index is 1.50. The summed E-state index contributed by atoms with van der Waals surface area (Å²) in [5.74, 6) is 0.960. The second-order valence-electron chi connectivity index (χ2n) is 11.2. The number of rotatable bonds is 6. The lowest BCUT2D eigenvalue weighted by Gasteiger charge is -2.31. The fourth-order valence-electron chi connectivity index (χ4n) is 5.84. The number of sulfonamides is 1. The topological polar surface area (TPSA) is 134 Å². The van der Waals surface area contributed by atoms with Gasteiger partial charge in [0.15, 0.2) is 5.65 Å². The van der Waals surface area contributed by atoms with Gasteiger partial charge in [0.25, 0.3) is 5.91 Å². The van der Waals surface area contributed by atoms with Crippen LogP contribution < -0.4 is 9.62 Å². The van der Waals surface area contributed by atoms with Crippen molar-refractivity contribution in [2.24, 2.45) is 11.8 Å². The zero-order valence-electron chi connectivity index (χ0n) is 23.0. The Morgan fingerprint density at radius 3 is 2.44 bits per heavy atom. The van der Waals surface area contributed by atoms with E-state index in [4.69, 9.17) is 10.1 Å². The van der Waals surface area contributed by atoms with Gasteiger partial charge >= 0.3 is 0 Å². The van der Waals surface area contributed by atoms with Crippen molar-refractivity contribution in [3.63, 3.8) is 0 Å². The number of carbonyl (C=O) groups excluding carboxylic acids is 1. The highest BCUT2D eigenvalue weighted by Crippen LogP contribution is 2.45. The minimum atomic E-state index is -3.80. The Morgan fingerprint density at radius 1 is 1.10 bits per heavy atom. The highest BCUT2D eigenvalue weighted by atomic mass is 32.2. The number of anilines is 1. The van der Waals surface area contributed by atoms with Crippen LogP contribution in [0.1, 0.15) is 54.7 Å². The summed E-state index contributed by atoms with van der Waals surface area (Å²) >= 11 is 0. The lowest BCUT2D eigenvalue weighted by atomic mass is 9.73. The third-order valence-electron chi connectivity index (χ3n) is 8.00. The number of fused-ring (bicyclic) bond motifs is 1. The molecule has 2 aliphatic rings. The number of piperidine rings is 1. The number of hydrogen-bond donors (Lipinski definition) is 1. The second kappa shape index (κ2) is 10.6. The molecule has 0 bridgehead atoms. The summed E-state index contributed by atoms with van der Waals surface area (Å²) < 4.78 is 27.6. The van der Waals surface area contributed by atoms with Gasteiger partial charge in [0, 0.05) is 36.7 Å². The van der Waals surface area contributed by atoms with Crippen LogP contribution in [0.15, 0.2) is 54.7 Å². The molecule has 1 aromatic carbocycles. The smallest absolute Gasteiger partial charge is 0.283 e. The number of nitriles is 1. The molecule has 0 spiro atoms. The highest BCUT2D eigenvalue weighted by Gasteiger charge is 2.33. The van der Waals surface area contributed by atoms with Crippen molar-refractivity contribution in [3.8, 4) is 22.9 Å². The lowest BCUT2D eigenvalue weighted by molar-refractivity contribution is 0.0977. The van der Waals surface area contributed by atoms with Crippen molar-refractivity contribution in [1.82, 2.24) is 24.5 Å². The maximum absolute atomic E-state index is 13.1. The van der Waals surface area contributed by atoms with E-state index in [1.165, 1.54) is 0 Å². The summed E-state index contributed by atoms with van der Waals surface area (Å²) in [6.45, 7) is 3.77. The summed E-state index contributed by atoms with van der Waals surface area (Å²) in [7, 11) is -3.80. The van der Waals surface area contributed by atoms with Crippen LogP contribution in [0.4, 0.5) is 5.82 Å². The van der Waals surface area contributed by atoms with Gasteiger partial charge < -0.3 is 4.90 Å². The fourth-order valence-corrected chi connectivity index (χ4v) is 6.28. The Bertz CT molecular complexity index is 1750.